The molecule has 3 rings (SSSR count). The van der Waals surface area contributed by atoms with E-state index in [-0.39, 0.29) is 15.7 Å². The smallest absolute Gasteiger partial charge is 0.271 e. The lowest BCUT2D eigenvalue weighted by Gasteiger charge is -2.06. The van der Waals surface area contributed by atoms with Gasteiger partial charge in [0, 0.05) is 11.9 Å². The average Bonchev–Trinajstić information content (AvgIpc) is 3.20. The Bertz CT molecular complexity index is 1100. The number of rotatable bonds is 8. The van der Waals surface area contributed by atoms with Crippen molar-refractivity contribution in [1.82, 2.24) is 10.3 Å². The van der Waals surface area contributed by atoms with Crippen LogP contribution < -0.4 is 19.5 Å². The van der Waals surface area contributed by atoms with Gasteiger partial charge < -0.3 is 14.8 Å². The van der Waals surface area contributed by atoms with Crippen LogP contribution in [-0.2, 0) is 16.6 Å². The summed E-state index contributed by atoms with van der Waals surface area (Å²) in [4.78, 5) is 16.4. The van der Waals surface area contributed by atoms with Gasteiger partial charge in [0.15, 0.2) is 5.13 Å². The van der Waals surface area contributed by atoms with Gasteiger partial charge in [-0.05, 0) is 42.0 Å². The van der Waals surface area contributed by atoms with E-state index in [4.69, 9.17) is 9.47 Å². The highest BCUT2D eigenvalue weighted by Crippen LogP contribution is 2.22. The summed E-state index contributed by atoms with van der Waals surface area (Å²) in [5.41, 5.74) is 0.999. The second-order valence-corrected chi connectivity index (χ2v) is 8.39. The molecule has 0 radical (unpaired) electrons. The van der Waals surface area contributed by atoms with Gasteiger partial charge in [-0.2, -0.15) is 0 Å². The molecule has 0 atom stereocenters. The number of nitrogens with one attached hydrogen (secondary N) is 2. The summed E-state index contributed by atoms with van der Waals surface area (Å²) in [6.45, 7) is 0.292. The molecule has 0 saturated heterocycles. The van der Waals surface area contributed by atoms with Crippen LogP contribution in [0.25, 0.3) is 0 Å². The second kappa shape index (κ2) is 8.93. The summed E-state index contributed by atoms with van der Waals surface area (Å²) in [6, 6.07) is 13.3. The van der Waals surface area contributed by atoms with Crippen LogP contribution in [0.1, 0.15) is 16.1 Å². The van der Waals surface area contributed by atoms with Crippen molar-refractivity contribution in [3.8, 4) is 11.5 Å². The fourth-order valence-electron chi connectivity index (χ4n) is 2.41. The number of nitrogens with zero attached hydrogens (tertiary/aromatic N) is 1. The normalized spacial score (nSPS) is 11.0. The number of amides is 1. The average molecular weight is 434 g/mol. The van der Waals surface area contributed by atoms with Crippen molar-refractivity contribution >= 4 is 32.4 Å². The fraction of sp³-hybridized carbons (Fsp3) is 0.158. The van der Waals surface area contributed by atoms with Gasteiger partial charge >= 0.3 is 0 Å². The topological polar surface area (TPSA) is 107 Å². The Labute approximate surface area is 172 Å². The summed E-state index contributed by atoms with van der Waals surface area (Å²) in [5.74, 6) is 0.841. The van der Waals surface area contributed by atoms with E-state index in [1.54, 1.807) is 19.2 Å². The van der Waals surface area contributed by atoms with E-state index in [2.05, 4.69) is 15.0 Å². The van der Waals surface area contributed by atoms with Gasteiger partial charge in [0.05, 0.1) is 19.1 Å². The first kappa shape index (κ1) is 20.6. The Morgan fingerprint density at radius 3 is 2.48 bits per heavy atom. The molecular formula is C19H19N3O5S2. The van der Waals surface area contributed by atoms with Crippen LogP contribution in [0.15, 0.2) is 58.8 Å². The van der Waals surface area contributed by atoms with Gasteiger partial charge in [0.25, 0.3) is 15.9 Å². The van der Waals surface area contributed by atoms with Gasteiger partial charge in [-0.3, -0.25) is 9.52 Å². The largest absolute Gasteiger partial charge is 0.497 e. The third-order valence-electron chi connectivity index (χ3n) is 3.92. The van der Waals surface area contributed by atoms with Crippen LogP contribution >= 0.6 is 11.3 Å². The number of carbonyl (C=O) groups is 1. The lowest BCUT2D eigenvalue weighted by molar-refractivity contribution is 0.0946. The molecule has 0 spiro atoms. The zero-order valence-electron chi connectivity index (χ0n) is 15.7. The van der Waals surface area contributed by atoms with E-state index in [0.717, 1.165) is 16.9 Å². The Morgan fingerprint density at radius 1 is 1.07 bits per heavy atom. The molecule has 0 saturated carbocycles. The molecule has 0 aliphatic carbocycles. The van der Waals surface area contributed by atoms with Crippen molar-refractivity contribution in [3.63, 3.8) is 0 Å². The summed E-state index contributed by atoms with van der Waals surface area (Å²) >= 11 is 1.03. The zero-order valence-corrected chi connectivity index (χ0v) is 17.3. The molecular weight excluding hydrogens is 414 g/mol. The van der Waals surface area contributed by atoms with Gasteiger partial charge in [0.1, 0.15) is 17.2 Å². The lowest BCUT2D eigenvalue weighted by Crippen LogP contribution is -2.23. The minimum atomic E-state index is -3.82. The molecule has 29 heavy (non-hydrogen) atoms. The van der Waals surface area contributed by atoms with Crippen LogP contribution in [0.5, 0.6) is 11.5 Å². The molecule has 8 nitrogen and oxygen atoms in total. The standard InChI is InChI=1S/C19H19N3O5S2/c1-26-14-6-8-16(9-7-14)29(24,25)22-19-21-17(12-28-19)18(23)20-11-13-4-3-5-15(10-13)27-2/h3-10,12H,11H2,1-2H3,(H,20,23)(H,21,22). The van der Waals surface area contributed by atoms with E-state index >= 15 is 0 Å². The number of aromatic nitrogens is 1. The Balaban J connectivity index is 1.63. The first-order valence-corrected chi connectivity index (χ1v) is 10.8. The van der Waals surface area contributed by atoms with Gasteiger partial charge in [-0.25, -0.2) is 13.4 Å². The van der Waals surface area contributed by atoms with E-state index in [9.17, 15) is 13.2 Å². The Hall–Kier alpha value is -3.11. The summed E-state index contributed by atoms with van der Waals surface area (Å²) < 4.78 is 37.5. The molecule has 2 N–H and O–H groups in total. The molecule has 1 heterocycles. The van der Waals surface area contributed by atoms with Crippen LogP contribution in [0.4, 0.5) is 5.13 Å². The van der Waals surface area contributed by atoms with E-state index in [1.807, 2.05) is 24.3 Å². The molecule has 2 aromatic carbocycles. The van der Waals surface area contributed by atoms with Crippen molar-refractivity contribution in [3.05, 3.63) is 65.2 Å². The molecule has 3 aromatic rings. The quantitative estimate of drug-likeness (QED) is 0.566. The van der Waals surface area contributed by atoms with Crippen molar-refractivity contribution in [2.75, 3.05) is 18.9 Å². The summed E-state index contributed by atoms with van der Waals surface area (Å²) in [5, 5.41) is 4.34. The lowest BCUT2D eigenvalue weighted by atomic mass is 10.2. The highest BCUT2D eigenvalue weighted by molar-refractivity contribution is 7.93. The number of anilines is 1. The van der Waals surface area contributed by atoms with Crippen LogP contribution in [0, 0.1) is 0 Å². The minimum Gasteiger partial charge on any atom is -0.497 e. The number of hydrogen-bond acceptors (Lipinski definition) is 7. The first-order chi connectivity index (χ1) is 13.9. The van der Waals surface area contributed by atoms with Crippen molar-refractivity contribution < 1.29 is 22.7 Å². The zero-order chi connectivity index (χ0) is 20.9. The van der Waals surface area contributed by atoms with Crippen molar-refractivity contribution in [2.24, 2.45) is 0 Å². The molecule has 1 aromatic heterocycles. The van der Waals surface area contributed by atoms with E-state index < -0.39 is 15.9 Å². The second-order valence-electron chi connectivity index (χ2n) is 5.85. The van der Waals surface area contributed by atoms with E-state index in [1.165, 1.54) is 24.6 Å². The highest BCUT2D eigenvalue weighted by atomic mass is 32.2. The maximum absolute atomic E-state index is 12.5. The Morgan fingerprint density at radius 2 is 1.79 bits per heavy atom. The predicted molar refractivity (Wildman–Crippen MR) is 110 cm³/mol. The van der Waals surface area contributed by atoms with Crippen LogP contribution in [0.2, 0.25) is 0 Å². The molecule has 1 amide bonds. The molecule has 10 heteroatoms. The number of ether oxygens (including phenoxy) is 2. The number of sulfonamides is 1. The van der Waals surface area contributed by atoms with Crippen LogP contribution in [0.3, 0.4) is 0 Å². The molecule has 0 aliphatic rings. The number of methoxy groups -OCH3 is 2. The molecule has 0 unspecified atom stereocenters. The third kappa shape index (κ3) is 5.24. The molecule has 152 valence electrons. The number of thiazole rings is 1. The third-order valence-corrected chi connectivity index (χ3v) is 6.16. The van der Waals surface area contributed by atoms with Gasteiger partial charge in [0.2, 0.25) is 0 Å². The van der Waals surface area contributed by atoms with Gasteiger partial charge in [-0.1, -0.05) is 12.1 Å². The van der Waals surface area contributed by atoms with Gasteiger partial charge in [-0.15, -0.1) is 11.3 Å². The molecule has 0 bridgehead atoms. The summed E-state index contributed by atoms with van der Waals surface area (Å²) in [7, 11) is -0.748. The van der Waals surface area contributed by atoms with Crippen molar-refractivity contribution in [1.29, 1.82) is 0 Å². The van der Waals surface area contributed by atoms with Crippen LogP contribution in [-0.4, -0.2) is 33.5 Å². The first-order valence-electron chi connectivity index (χ1n) is 8.45. The predicted octanol–water partition coefficient (Wildman–Crippen LogP) is 2.89. The number of benzene rings is 2. The monoisotopic (exact) mass is 433 g/mol. The molecule has 0 fully saturated rings. The number of carbonyl (C=O) groups excluding carboxylic acids is 1. The maximum atomic E-state index is 12.5. The fourth-order valence-corrected chi connectivity index (χ4v) is 4.35. The minimum absolute atomic E-state index is 0.0672. The Kier molecular flexibility index (Phi) is 6.35. The summed E-state index contributed by atoms with van der Waals surface area (Å²) in [6.07, 6.45) is 0. The SMILES string of the molecule is COc1ccc(S(=O)(=O)Nc2nc(C(=O)NCc3cccc(OC)c3)cs2)cc1. The molecule has 0 aliphatic heterocycles. The van der Waals surface area contributed by atoms with E-state index in [0.29, 0.717) is 18.0 Å². The number of hydrogen-bond donors (Lipinski definition) is 2. The van der Waals surface area contributed by atoms with Crippen molar-refractivity contribution in [2.45, 2.75) is 11.4 Å². The highest BCUT2D eigenvalue weighted by Gasteiger charge is 2.18. The maximum Gasteiger partial charge on any atom is 0.271 e.